The second-order valence-corrected chi connectivity index (χ2v) is 5.62. The quantitative estimate of drug-likeness (QED) is 0.846. The van der Waals surface area contributed by atoms with Gasteiger partial charge in [0.05, 0.1) is 20.8 Å². The van der Waals surface area contributed by atoms with E-state index in [1.165, 1.54) is 14.2 Å². The van der Waals surface area contributed by atoms with Gasteiger partial charge in [-0.3, -0.25) is 9.59 Å². The lowest BCUT2D eigenvalue weighted by Gasteiger charge is -2.11. The van der Waals surface area contributed by atoms with E-state index in [1.54, 1.807) is 18.2 Å². The van der Waals surface area contributed by atoms with Crippen LogP contribution in [0.25, 0.3) is 0 Å². The van der Waals surface area contributed by atoms with Crippen LogP contribution in [0.2, 0.25) is 0 Å². The molecule has 6 nitrogen and oxygen atoms in total. The summed E-state index contributed by atoms with van der Waals surface area (Å²) in [5, 5.41) is 5.38. The standard InChI is InChI=1S/C19H22N2O4/c1-12-5-7-15(13(2)9-12)21-18(22)11-20-19(23)14-6-8-16(24-3)17(10-14)25-4/h5-10H,11H2,1-4H3,(H,20,23)(H,21,22). The zero-order valence-electron chi connectivity index (χ0n) is 14.8. The molecule has 6 heteroatoms. The zero-order chi connectivity index (χ0) is 18.4. The predicted molar refractivity (Wildman–Crippen MR) is 96.4 cm³/mol. The van der Waals surface area contributed by atoms with Crippen LogP contribution >= 0.6 is 0 Å². The fraction of sp³-hybridized carbons (Fsp3) is 0.263. The summed E-state index contributed by atoms with van der Waals surface area (Å²) in [7, 11) is 3.02. The van der Waals surface area contributed by atoms with E-state index in [9.17, 15) is 9.59 Å². The van der Waals surface area contributed by atoms with Crippen LogP contribution in [-0.4, -0.2) is 32.6 Å². The number of carbonyl (C=O) groups excluding carboxylic acids is 2. The summed E-state index contributed by atoms with van der Waals surface area (Å²) >= 11 is 0. The van der Waals surface area contributed by atoms with Gasteiger partial charge in [-0.1, -0.05) is 17.7 Å². The monoisotopic (exact) mass is 342 g/mol. The maximum absolute atomic E-state index is 12.2. The molecule has 2 aromatic rings. The van der Waals surface area contributed by atoms with Gasteiger partial charge in [0.15, 0.2) is 11.5 Å². The molecular weight excluding hydrogens is 320 g/mol. The SMILES string of the molecule is COc1ccc(C(=O)NCC(=O)Nc2ccc(C)cc2C)cc1OC. The van der Waals surface area contributed by atoms with Gasteiger partial charge in [-0.05, 0) is 43.7 Å². The first kappa shape index (κ1) is 18.3. The van der Waals surface area contributed by atoms with Gasteiger partial charge in [0.2, 0.25) is 5.91 Å². The van der Waals surface area contributed by atoms with E-state index in [4.69, 9.17) is 9.47 Å². The fourth-order valence-corrected chi connectivity index (χ4v) is 2.39. The van der Waals surface area contributed by atoms with Crippen molar-refractivity contribution in [1.29, 1.82) is 0 Å². The van der Waals surface area contributed by atoms with Crippen molar-refractivity contribution in [2.75, 3.05) is 26.1 Å². The topological polar surface area (TPSA) is 76.7 Å². The molecule has 0 saturated carbocycles. The van der Waals surface area contributed by atoms with Gasteiger partial charge in [-0.15, -0.1) is 0 Å². The number of carbonyl (C=O) groups is 2. The van der Waals surface area contributed by atoms with Crippen molar-refractivity contribution in [3.8, 4) is 11.5 Å². The van der Waals surface area contributed by atoms with E-state index in [0.29, 0.717) is 17.1 Å². The molecule has 2 amide bonds. The Kier molecular flexibility index (Phi) is 6.00. The Bertz CT molecular complexity index is 787. The maximum atomic E-state index is 12.2. The number of anilines is 1. The average Bonchev–Trinajstić information content (AvgIpc) is 2.61. The third-order valence-electron chi connectivity index (χ3n) is 3.71. The van der Waals surface area contributed by atoms with Crippen LogP contribution in [0.5, 0.6) is 11.5 Å². The molecule has 0 atom stereocenters. The van der Waals surface area contributed by atoms with Crippen molar-refractivity contribution < 1.29 is 19.1 Å². The minimum atomic E-state index is -0.364. The average molecular weight is 342 g/mol. The second kappa shape index (κ2) is 8.19. The molecule has 0 aromatic heterocycles. The smallest absolute Gasteiger partial charge is 0.251 e. The molecule has 2 rings (SSSR count). The molecule has 25 heavy (non-hydrogen) atoms. The van der Waals surface area contributed by atoms with Crippen molar-refractivity contribution in [2.45, 2.75) is 13.8 Å². The molecule has 0 radical (unpaired) electrons. The van der Waals surface area contributed by atoms with Crippen LogP contribution in [0.4, 0.5) is 5.69 Å². The van der Waals surface area contributed by atoms with Crippen molar-refractivity contribution in [1.82, 2.24) is 5.32 Å². The van der Waals surface area contributed by atoms with E-state index in [1.807, 2.05) is 32.0 Å². The largest absolute Gasteiger partial charge is 0.493 e. The van der Waals surface area contributed by atoms with Crippen LogP contribution in [0, 0.1) is 13.8 Å². The highest BCUT2D eigenvalue weighted by Crippen LogP contribution is 2.27. The lowest BCUT2D eigenvalue weighted by molar-refractivity contribution is -0.115. The summed E-state index contributed by atoms with van der Waals surface area (Å²) in [6.45, 7) is 3.78. The van der Waals surface area contributed by atoms with Crippen LogP contribution in [0.1, 0.15) is 21.5 Å². The molecule has 2 aromatic carbocycles. The number of hydrogen-bond acceptors (Lipinski definition) is 4. The molecule has 2 N–H and O–H groups in total. The molecule has 0 heterocycles. The molecule has 0 aliphatic rings. The van der Waals surface area contributed by atoms with E-state index >= 15 is 0 Å². The van der Waals surface area contributed by atoms with Gasteiger partial charge >= 0.3 is 0 Å². The number of aryl methyl sites for hydroxylation is 2. The number of hydrogen-bond donors (Lipinski definition) is 2. The molecule has 0 unspecified atom stereocenters. The Labute approximate surface area is 147 Å². The van der Waals surface area contributed by atoms with Crippen molar-refractivity contribution in [2.24, 2.45) is 0 Å². The summed E-state index contributed by atoms with van der Waals surface area (Å²) < 4.78 is 10.3. The molecular formula is C19H22N2O4. The van der Waals surface area contributed by atoms with Crippen LogP contribution in [0.3, 0.4) is 0 Å². The third kappa shape index (κ3) is 4.73. The Morgan fingerprint density at radius 3 is 2.32 bits per heavy atom. The zero-order valence-corrected chi connectivity index (χ0v) is 14.8. The van der Waals surface area contributed by atoms with Gasteiger partial charge in [-0.2, -0.15) is 0 Å². The number of rotatable bonds is 6. The Morgan fingerprint density at radius 1 is 0.960 bits per heavy atom. The first-order valence-electron chi connectivity index (χ1n) is 7.82. The highest BCUT2D eigenvalue weighted by atomic mass is 16.5. The maximum Gasteiger partial charge on any atom is 0.251 e. The molecule has 0 aliphatic heterocycles. The number of nitrogens with one attached hydrogen (secondary N) is 2. The Morgan fingerprint density at radius 2 is 1.68 bits per heavy atom. The first-order chi connectivity index (χ1) is 11.9. The summed E-state index contributed by atoms with van der Waals surface area (Å²) in [6.07, 6.45) is 0. The summed E-state index contributed by atoms with van der Waals surface area (Å²) in [5.41, 5.74) is 3.21. The minimum Gasteiger partial charge on any atom is -0.493 e. The molecule has 0 fully saturated rings. The number of methoxy groups -OCH3 is 2. The Hall–Kier alpha value is -3.02. The van der Waals surface area contributed by atoms with Crippen LogP contribution in [-0.2, 0) is 4.79 Å². The lowest BCUT2D eigenvalue weighted by atomic mass is 10.1. The second-order valence-electron chi connectivity index (χ2n) is 5.62. The summed E-state index contributed by atoms with van der Waals surface area (Å²) in [4.78, 5) is 24.2. The summed E-state index contributed by atoms with van der Waals surface area (Å²) in [5.74, 6) is 0.332. The van der Waals surface area contributed by atoms with Crippen molar-refractivity contribution in [3.05, 3.63) is 53.1 Å². The third-order valence-corrected chi connectivity index (χ3v) is 3.71. The molecule has 0 bridgehead atoms. The predicted octanol–water partition coefficient (Wildman–Crippen LogP) is 2.69. The van der Waals surface area contributed by atoms with E-state index < -0.39 is 0 Å². The molecule has 0 saturated heterocycles. The summed E-state index contributed by atoms with van der Waals surface area (Å²) in [6, 6.07) is 10.6. The van der Waals surface area contributed by atoms with Gasteiger partial charge in [0, 0.05) is 11.3 Å². The fourth-order valence-electron chi connectivity index (χ4n) is 2.39. The van der Waals surface area contributed by atoms with Gasteiger partial charge in [0.25, 0.3) is 5.91 Å². The van der Waals surface area contributed by atoms with Gasteiger partial charge in [-0.25, -0.2) is 0 Å². The minimum absolute atomic E-state index is 0.125. The highest BCUT2D eigenvalue weighted by molar-refractivity contribution is 5.99. The molecule has 0 aliphatic carbocycles. The number of benzene rings is 2. The van der Waals surface area contributed by atoms with E-state index in [0.717, 1.165) is 16.8 Å². The first-order valence-corrected chi connectivity index (χ1v) is 7.82. The molecule has 132 valence electrons. The van der Waals surface area contributed by atoms with Crippen molar-refractivity contribution in [3.63, 3.8) is 0 Å². The van der Waals surface area contributed by atoms with E-state index in [-0.39, 0.29) is 18.4 Å². The van der Waals surface area contributed by atoms with Crippen molar-refractivity contribution >= 4 is 17.5 Å². The van der Waals surface area contributed by atoms with Gasteiger partial charge < -0.3 is 20.1 Å². The van der Waals surface area contributed by atoms with E-state index in [2.05, 4.69) is 10.6 Å². The normalized spacial score (nSPS) is 10.1. The van der Waals surface area contributed by atoms with Crippen LogP contribution in [0.15, 0.2) is 36.4 Å². The van der Waals surface area contributed by atoms with Crippen LogP contribution < -0.4 is 20.1 Å². The van der Waals surface area contributed by atoms with Gasteiger partial charge in [0.1, 0.15) is 0 Å². The lowest BCUT2D eigenvalue weighted by Crippen LogP contribution is -2.33. The molecule has 0 spiro atoms. The Balaban J connectivity index is 1.96. The highest BCUT2D eigenvalue weighted by Gasteiger charge is 2.12. The number of ether oxygens (including phenoxy) is 2. The number of amides is 2.